The Morgan fingerprint density at radius 1 is 1.62 bits per heavy atom. The summed E-state index contributed by atoms with van der Waals surface area (Å²) >= 11 is 0. The third kappa shape index (κ3) is 3.94. The van der Waals surface area contributed by atoms with Crippen LogP contribution in [-0.4, -0.2) is 30.6 Å². The molecule has 1 amide bonds. The number of pyridine rings is 1. The Balaban J connectivity index is 2.33. The summed E-state index contributed by atoms with van der Waals surface area (Å²) in [5, 5.41) is 2.60. The maximum atomic E-state index is 13.1. The lowest BCUT2D eigenvalue weighted by atomic mass is 10.2. The van der Waals surface area contributed by atoms with Crippen molar-refractivity contribution in [1.29, 1.82) is 0 Å². The first kappa shape index (κ1) is 12.6. The zero-order valence-corrected chi connectivity index (χ0v) is 9.20. The molecule has 0 atom stereocenters. The second kappa shape index (κ2) is 6.90. The van der Waals surface area contributed by atoms with E-state index in [1.54, 1.807) is 0 Å². The van der Waals surface area contributed by atoms with Gasteiger partial charge in [-0.2, -0.15) is 4.39 Å². The molecule has 0 aromatic carbocycles. The van der Waals surface area contributed by atoms with Crippen molar-refractivity contribution in [3.63, 3.8) is 0 Å². The number of amides is 1. The molecule has 1 N–H and O–H groups in total. The fraction of sp³-hybridized carbons (Fsp3) is 0.455. The van der Waals surface area contributed by atoms with Crippen LogP contribution < -0.4 is 5.32 Å². The topological polar surface area (TPSA) is 51.2 Å². The van der Waals surface area contributed by atoms with E-state index in [1.165, 1.54) is 18.3 Å². The van der Waals surface area contributed by atoms with Crippen molar-refractivity contribution in [3.05, 3.63) is 29.8 Å². The van der Waals surface area contributed by atoms with E-state index in [2.05, 4.69) is 10.3 Å². The first-order chi connectivity index (χ1) is 7.75. The lowest BCUT2D eigenvalue weighted by Gasteiger charge is -2.05. The van der Waals surface area contributed by atoms with Crippen molar-refractivity contribution in [2.75, 3.05) is 19.8 Å². The Morgan fingerprint density at radius 2 is 2.44 bits per heavy atom. The number of hydrogen-bond acceptors (Lipinski definition) is 3. The molecule has 0 radical (unpaired) electrons. The number of hydrogen-bond donors (Lipinski definition) is 1. The molecule has 1 aromatic heterocycles. The zero-order chi connectivity index (χ0) is 11.8. The van der Waals surface area contributed by atoms with Crippen LogP contribution in [0.1, 0.15) is 23.7 Å². The highest BCUT2D eigenvalue weighted by molar-refractivity contribution is 5.94. The van der Waals surface area contributed by atoms with Gasteiger partial charge in [-0.25, -0.2) is 4.98 Å². The summed E-state index contributed by atoms with van der Waals surface area (Å²) in [4.78, 5) is 14.9. The van der Waals surface area contributed by atoms with Gasteiger partial charge >= 0.3 is 0 Å². The maximum absolute atomic E-state index is 13.1. The molecule has 0 unspecified atom stereocenters. The fourth-order valence-corrected chi connectivity index (χ4v) is 1.17. The minimum atomic E-state index is -0.746. The molecule has 0 bridgehead atoms. The normalized spacial score (nSPS) is 10.1. The molecule has 1 aromatic rings. The van der Waals surface area contributed by atoms with Crippen LogP contribution in [0.5, 0.6) is 0 Å². The van der Waals surface area contributed by atoms with E-state index in [1.807, 2.05) is 6.92 Å². The van der Waals surface area contributed by atoms with Crippen LogP contribution in [0.4, 0.5) is 4.39 Å². The molecule has 5 heteroatoms. The molecule has 16 heavy (non-hydrogen) atoms. The van der Waals surface area contributed by atoms with Gasteiger partial charge in [0.25, 0.3) is 5.91 Å². The van der Waals surface area contributed by atoms with Gasteiger partial charge in [0.15, 0.2) is 0 Å². The third-order valence-corrected chi connectivity index (χ3v) is 1.96. The molecule has 0 saturated carbocycles. The fourth-order valence-electron chi connectivity index (χ4n) is 1.17. The number of aromatic nitrogens is 1. The first-order valence-electron chi connectivity index (χ1n) is 5.22. The number of carbonyl (C=O) groups excluding carboxylic acids is 1. The largest absolute Gasteiger partial charge is 0.382 e. The lowest BCUT2D eigenvalue weighted by molar-refractivity contribution is 0.0939. The number of nitrogens with zero attached hydrogens (tertiary/aromatic N) is 1. The first-order valence-corrected chi connectivity index (χ1v) is 5.22. The van der Waals surface area contributed by atoms with Gasteiger partial charge in [0.1, 0.15) is 0 Å². The Bertz CT molecular complexity index is 345. The van der Waals surface area contributed by atoms with E-state index in [-0.39, 0.29) is 5.56 Å². The third-order valence-electron chi connectivity index (χ3n) is 1.96. The average molecular weight is 226 g/mol. The van der Waals surface area contributed by atoms with Gasteiger partial charge in [-0.3, -0.25) is 4.79 Å². The van der Waals surface area contributed by atoms with Crippen molar-refractivity contribution in [3.8, 4) is 0 Å². The summed E-state index contributed by atoms with van der Waals surface area (Å²) in [6.07, 6.45) is 2.02. The second-order valence-electron chi connectivity index (χ2n) is 3.15. The highest BCUT2D eigenvalue weighted by Crippen LogP contribution is 2.02. The molecule has 0 saturated heterocycles. The molecule has 88 valence electrons. The summed E-state index contributed by atoms with van der Waals surface area (Å²) in [6.45, 7) is 3.62. The number of halogens is 1. The monoisotopic (exact) mass is 226 g/mol. The summed E-state index contributed by atoms with van der Waals surface area (Å²) in [5.41, 5.74) is -0.0288. The molecule has 1 heterocycles. The van der Waals surface area contributed by atoms with Crippen LogP contribution in [-0.2, 0) is 4.74 Å². The standard InChI is InChI=1S/C11H15FN2O2/c1-2-16-8-4-7-14-11(15)9-5-3-6-13-10(9)12/h3,5-6H,2,4,7-8H2,1H3,(H,14,15). The number of carbonyl (C=O) groups is 1. The van der Waals surface area contributed by atoms with Crippen molar-refractivity contribution < 1.29 is 13.9 Å². The van der Waals surface area contributed by atoms with Crippen molar-refractivity contribution in [2.45, 2.75) is 13.3 Å². The van der Waals surface area contributed by atoms with E-state index in [0.29, 0.717) is 26.2 Å². The summed E-state index contributed by atoms with van der Waals surface area (Å²) in [6, 6.07) is 2.93. The van der Waals surface area contributed by atoms with Gasteiger partial charge in [0, 0.05) is 26.0 Å². The van der Waals surface area contributed by atoms with E-state index in [9.17, 15) is 9.18 Å². The molecule has 0 spiro atoms. The minimum absolute atomic E-state index is 0.0288. The van der Waals surface area contributed by atoms with Gasteiger partial charge in [-0.1, -0.05) is 0 Å². The quantitative estimate of drug-likeness (QED) is 0.589. The van der Waals surface area contributed by atoms with Crippen LogP contribution in [0.2, 0.25) is 0 Å². The number of ether oxygens (including phenoxy) is 1. The molecular formula is C11H15FN2O2. The van der Waals surface area contributed by atoms with E-state index in [4.69, 9.17) is 4.74 Å². The zero-order valence-electron chi connectivity index (χ0n) is 9.20. The summed E-state index contributed by atoms with van der Waals surface area (Å²) in [5.74, 6) is -1.19. The van der Waals surface area contributed by atoms with Gasteiger partial charge in [0.05, 0.1) is 5.56 Å². The molecule has 0 aliphatic heterocycles. The number of nitrogens with one attached hydrogen (secondary N) is 1. The van der Waals surface area contributed by atoms with Crippen LogP contribution in [0.15, 0.2) is 18.3 Å². The van der Waals surface area contributed by atoms with E-state index in [0.717, 1.165) is 0 Å². The smallest absolute Gasteiger partial charge is 0.255 e. The van der Waals surface area contributed by atoms with Crippen LogP contribution >= 0.6 is 0 Å². The average Bonchev–Trinajstić information content (AvgIpc) is 2.29. The van der Waals surface area contributed by atoms with E-state index < -0.39 is 11.9 Å². The van der Waals surface area contributed by atoms with Crippen molar-refractivity contribution in [1.82, 2.24) is 10.3 Å². The van der Waals surface area contributed by atoms with Gasteiger partial charge < -0.3 is 10.1 Å². The van der Waals surface area contributed by atoms with Crippen molar-refractivity contribution in [2.24, 2.45) is 0 Å². The summed E-state index contributed by atoms with van der Waals surface area (Å²) < 4.78 is 18.2. The van der Waals surface area contributed by atoms with Gasteiger partial charge in [-0.05, 0) is 25.5 Å². The SMILES string of the molecule is CCOCCCNC(=O)c1cccnc1F. The molecule has 0 aliphatic carbocycles. The lowest BCUT2D eigenvalue weighted by Crippen LogP contribution is -2.26. The maximum Gasteiger partial charge on any atom is 0.255 e. The molecule has 0 fully saturated rings. The Labute approximate surface area is 93.8 Å². The summed E-state index contributed by atoms with van der Waals surface area (Å²) in [7, 11) is 0. The van der Waals surface area contributed by atoms with Gasteiger partial charge in [-0.15, -0.1) is 0 Å². The predicted molar refractivity (Wildman–Crippen MR) is 57.6 cm³/mol. The molecule has 0 aliphatic rings. The Morgan fingerprint density at radius 3 is 3.12 bits per heavy atom. The number of rotatable bonds is 6. The van der Waals surface area contributed by atoms with Crippen molar-refractivity contribution >= 4 is 5.91 Å². The van der Waals surface area contributed by atoms with E-state index >= 15 is 0 Å². The van der Waals surface area contributed by atoms with Crippen LogP contribution in [0, 0.1) is 5.95 Å². The molecule has 4 nitrogen and oxygen atoms in total. The minimum Gasteiger partial charge on any atom is -0.382 e. The van der Waals surface area contributed by atoms with Crippen LogP contribution in [0.3, 0.4) is 0 Å². The Hall–Kier alpha value is -1.49. The van der Waals surface area contributed by atoms with Gasteiger partial charge in [0.2, 0.25) is 5.95 Å². The Kier molecular flexibility index (Phi) is 5.42. The predicted octanol–water partition coefficient (Wildman–Crippen LogP) is 1.38. The van der Waals surface area contributed by atoms with Crippen LogP contribution in [0.25, 0.3) is 0 Å². The second-order valence-corrected chi connectivity index (χ2v) is 3.15. The highest BCUT2D eigenvalue weighted by Gasteiger charge is 2.10. The highest BCUT2D eigenvalue weighted by atomic mass is 19.1. The molecule has 1 rings (SSSR count). The molecular weight excluding hydrogens is 211 g/mol.